The first-order chi connectivity index (χ1) is 7.29. The minimum absolute atomic E-state index is 0.198. The first kappa shape index (κ1) is 10.7. The molecule has 0 spiro atoms. The van der Waals surface area contributed by atoms with Gasteiger partial charge in [0.1, 0.15) is 0 Å². The van der Waals surface area contributed by atoms with Gasteiger partial charge in [0, 0.05) is 5.41 Å². The van der Waals surface area contributed by atoms with Gasteiger partial charge in [-0.15, -0.1) is 0 Å². The van der Waals surface area contributed by atoms with Gasteiger partial charge in [-0.05, 0) is 25.0 Å². The summed E-state index contributed by atoms with van der Waals surface area (Å²) < 4.78 is 16.7. The molecule has 0 unspecified atom stereocenters. The molecule has 1 aliphatic heterocycles. The van der Waals surface area contributed by atoms with Crippen molar-refractivity contribution in [2.24, 2.45) is 5.41 Å². The number of rotatable bonds is 3. The summed E-state index contributed by atoms with van der Waals surface area (Å²) in [6, 6.07) is 3.74. The van der Waals surface area contributed by atoms with Crippen LogP contribution in [0.25, 0.3) is 0 Å². The molecule has 15 heavy (non-hydrogen) atoms. The Bertz CT molecular complexity index is 278. The zero-order chi connectivity index (χ0) is 10.7. The van der Waals surface area contributed by atoms with Crippen molar-refractivity contribution in [3.05, 3.63) is 24.2 Å². The summed E-state index contributed by atoms with van der Waals surface area (Å²) in [6.07, 6.45) is 3.51. The molecule has 0 aromatic carbocycles. The van der Waals surface area contributed by atoms with Crippen LogP contribution in [-0.4, -0.2) is 13.2 Å². The van der Waals surface area contributed by atoms with E-state index in [2.05, 4.69) is 13.8 Å². The molecule has 84 valence electrons. The number of furan rings is 1. The van der Waals surface area contributed by atoms with E-state index in [0.717, 1.165) is 31.8 Å². The summed E-state index contributed by atoms with van der Waals surface area (Å²) in [7, 11) is 0. The number of hydrogen-bond acceptors (Lipinski definition) is 3. The van der Waals surface area contributed by atoms with E-state index in [1.165, 1.54) is 0 Å². The van der Waals surface area contributed by atoms with Crippen molar-refractivity contribution >= 4 is 0 Å². The van der Waals surface area contributed by atoms with Gasteiger partial charge in [0.2, 0.25) is 6.29 Å². The molecule has 1 aromatic heterocycles. The van der Waals surface area contributed by atoms with Crippen LogP contribution in [0.2, 0.25) is 0 Å². The van der Waals surface area contributed by atoms with Gasteiger partial charge in [-0.3, -0.25) is 0 Å². The lowest BCUT2D eigenvalue weighted by atomic mass is 9.83. The Kier molecular flexibility index (Phi) is 3.12. The lowest BCUT2D eigenvalue weighted by Crippen LogP contribution is -2.37. The van der Waals surface area contributed by atoms with Crippen LogP contribution >= 0.6 is 0 Å². The third-order valence-corrected chi connectivity index (χ3v) is 3.36. The molecule has 3 nitrogen and oxygen atoms in total. The van der Waals surface area contributed by atoms with E-state index < -0.39 is 0 Å². The van der Waals surface area contributed by atoms with Crippen LogP contribution in [0, 0.1) is 5.41 Å². The zero-order valence-corrected chi connectivity index (χ0v) is 9.36. The van der Waals surface area contributed by atoms with Crippen LogP contribution in [0.4, 0.5) is 0 Å². The Morgan fingerprint density at radius 2 is 1.93 bits per heavy atom. The minimum Gasteiger partial charge on any atom is -0.464 e. The largest absolute Gasteiger partial charge is 0.464 e. The highest BCUT2D eigenvalue weighted by Gasteiger charge is 2.35. The van der Waals surface area contributed by atoms with Crippen LogP contribution in [0.5, 0.6) is 0 Å². The van der Waals surface area contributed by atoms with Crippen molar-refractivity contribution in [1.82, 2.24) is 0 Å². The zero-order valence-electron chi connectivity index (χ0n) is 9.36. The second kappa shape index (κ2) is 4.37. The summed E-state index contributed by atoms with van der Waals surface area (Å²) >= 11 is 0. The molecule has 0 aliphatic carbocycles. The molecular formula is C12H18O3. The van der Waals surface area contributed by atoms with Gasteiger partial charge in [-0.25, -0.2) is 0 Å². The molecule has 0 N–H and O–H groups in total. The summed E-state index contributed by atoms with van der Waals surface area (Å²) in [5, 5.41) is 0. The first-order valence-electron chi connectivity index (χ1n) is 5.56. The minimum atomic E-state index is -0.314. The topological polar surface area (TPSA) is 31.6 Å². The summed E-state index contributed by atoms with van der Waals surface area (Å²) in [5.74, 6) is 0.760. The van der Waals surface area contributed by atoms with Crippen molar-refractivity contribution in [3.63, 3.8) is 0 Å². The van der Waals surface area contributed by atoms with Crippen LogP contribution in [0.15, 0.2) is 22.8 Å². The molecular weight excluding hydrogens is 192 g/mol. The van der Waals surface area contributed by atoms with Gasteiger partial charge in [0.05, 0.1) is 19.5 Å². The molecule has 1 saturated heterocycles. The highest BCUT2D eigenvalue weighted by molar-refractivity contribution is 5.00. The van der Waals surface area contributed by atoms with Gasteiger partial charge < -0.3 is 13.9 Å². The molecule has 1 aliphatic rings. The number of hydrogen-bond donors (Lipinski definition) is 0. The molecule has 0 saturated carbocycles. The SMILES string of the molecule is CCC1(CC)COC(c2ccco2)OC1. The normalized spacial score (nSPS) is 21.7. The van der Waals surface area contributed by atoms with Crippen molar-refractivity contribution in [2.45, 2.75) is 33.0 Å². The standard InChI is InChI=1S/C12H18O3/c1-3-12(4-2)8-14-11(15-9-12)10-6-5-7-13-10/h5-7,11H,3-4,8-9H2,1-2H3. The molecule has 1 fully saturated rings. The van der Waals surface area contributed by atoms with E-state index in [-0.39, 0.29) is 11.7 Å². The third kappa shape index (κ3) is 2.08. The maximum atomic E-state index is 5.70. The van der Waals surface area contributed by atoms with E-state index in [4.69, 9.17) is 13.9 Å². The molecule has 0 bridgehead atoms. The molecule has 0 atom stereocenters. The van der Waals surface area contributed by atoms with E-state index in [0.29, 0.717) is 0 Å². The van der Waals surface area contributed by atoms with E-state index >= 15 is 0 Å². The lowest BCUT2D eigenvalue weighted by molar-refractivity contribution is -0.242. The van der Waals surface area contributed by atoms with Crippen LogP contribution in [0.3, 0.4) is 0 Å². The Balaban J connectivity index is 1.97. The van der Waals surface area contributed by atoms with Crippen LogP contribution in [-0.2, 0) is 9.47 Å². The molecule has 0 amide bonds. The lowest BCUT2D eigenvalue weighted by Gasteiger charge is -2.38. The summed E-state index contributed by atoms with van der Waals surface area (Å²) in [5.41, 5.74) is 0.198. The molecule has 0 radical (unpaired) electrons. The number of ether oxygens (including phenoxy) is 2. The molecule has 1 aromatic rings. The highest BCUT2D eigenvalue weighted by atomic mass is 16.7. The average Bonchev–Trinajstić information content (AvgIpc) is 2.83. The van der Waals surface area contributed by atoms with Gasteiger partial charge in [0.15, 0.2) is 5.76 Å². The Morgan fingerprint density at radius 1 is 1.27 bits per heavy atom. The van der Waals surface area contributed by atoms with E-state index in [9.17, 15) is 0 Å². The van der Waals surface area contributed by atoms with Crippen LogP contribution < -0.4 is 0 Å². The fraction of sp³-hybridized carbons (Fsp3) is 0.667. The Morgan fingerprint density at radius 3 is 2.40 bits per heavy atom. The summed E-state index contributed by atoms with van der Waals surface area (Å²) in [4.78, 5) is 0. The van der Waals surface area contributed by atoms with E-state index in [1.807, 2.05) is 12.1 Å². The van der Waals surface area contributed by atoms with Gasteiger partial charge in [0.25, 0.3) is 0 Å². The maximum absolute atomic E-state index is 5.70. The monoisotopic (exact) mass is 210 g/mol. The van der Waals surface area contributed by atoms with E-state index in [1.54, 1.807) is 6.26 Å². The Hall–Kier alpha value is -0.800. The summed E-state index contributed by atoms with van der Waals surface area (Å²) in [6.45, 7) is 5.88. The van der Waals surface area contributed by atoms with Crippen molar-refractivity contribution in [1.29, 1.82) is 0 Å². The third-order valence-electron chi connectivity index (χ3n) is 3.36. The fourth-order valence-electron chi connectivity index (χ4n) is 1.84. The molecule has 3 heteroatoms. The quantitative estimate of drug-likeness (QED) is 0.768. The second-order valence-corrected chi connectivity index (χ2v) is 4.18. The maximum Gasteiger partial charge on any atom is 0.217 e. The van der Waals surface area contributed by atoms with Gasteiger partial charge >= 0.3 is 0 Å². The highest BCUT2D eigenvalue weighted by Crippen LogP contribution is 2.36. The van der Waals surface area contributed by atoms with Crippen LogP contribution in [0.1, 0.15) is 38.7 Å². The van der Waals surface area contributed by atoms with Crippen molar-refractivity contribution in [2.75, 3.05) is 13.2 Å². The first-order valence-corrected chi connectivity index (χ1v) is 5.56. The van der Waals surface area contributed by atoms with Crippen molar-refractivity contribution in [3.8, 4) is 0 Å². The molecule has 2 heterocycles. The predicted octanol–water partition coefficient (Wildman–Crippen LogP) is 3.13. The van der Waals surface area contributed by atoms with Gasteiger partial charge in [-0.2, -0.15) is 0 Å². The average molecular weight is 210 g/mol. The smallest absolute Gasteiger partial charge is 0.217 e. The molecule has 2 rings (SSSR count). The fourth-order valence-corrected chi connectivity index (χ4v) is 1.84. The second-order valence-electron chi connectivity index (χ2n) is 4.18. The van der Waals surface area contributed by atoms with Crippen molar-refractivity contribution < 1.29 is 13.9 Å². The Labute approximate surface area is 90.4 Å². The predicted molar refractivity (Wildman–Crippen MR) is 56.4 cm³/mol. The van der Waals surface area contributed by atoms with Gasteiger partial charge in [-0.1, -0.05) is 13.8 Å².